The summed E-state index contributed by atoms with van der Waals surface area (Å²) in [5.74, 6) is 0.0989. The van der Waals surface area contributed by atoms with Crippen molar-refractivity contribution in [1.82, 2.24) is 15.5 Å². The molecule has 0 saturated carbocycles. The third-order valence-corrected chi connectivity index (χ3v) is 2.40. The topological polar surface area (TPSA) is 126 Å². The Bertz CT molecular complexity index is 329. The first-order valence-corrected chi connectivity index (χ1v) is 4.14. The average molecular weight is 203 g/mol. The van der Waals surface area contributed by atoms with Gasteiger partial charge in [-0.15, -0.1) is 0 Å². The van der Waals surface area contributed by atoms with Crippen molar-refractivity contribution in [2.45, 2.75) is 24.4 Å². The molecule has 1 aromatic rings. The fourth-order valence-electron chi connectivity index (χ4n) is 1.58. The van der Waals surface area contributed by atoms with Gasteiger partial charge < -0.3 is 20.4 Å². The van der Waals surface area contributed by atoms with E-state index in [-0.39, 0.29) is 12.4 Å². The summed E-state index contributed by atoms with van der Waals surface area (Å²) < 4.78 is 1.24. The van der Waals surface area contributed by atoms with Crippen molar-refractivity contribution in [3.8, 4) is 0 Å². The monoisotopic (exact) mass is 203 g/mol. The van der Waals surface area contributed by atoms with Gasteiger partial charge in [-0.1, -0.05) is 5.21 Å². The van der Waals surface area contributed by atoms with Crippen LogP contribution in [0.2, 0.25) is 0 Å². The lowest BCUT2D eigenvalue weighted by Gasteiger charge is -2.29. The lowest BCUT2D eigenvalue weighted by molar-refractivity contribution is -0.802. The fraction of sp³-hybridized carbons (Fsp3) is 0.833. The maximum Gasteiger partial charge on any atom is 0.332 e. The highest BCUT2D eigenvalue weighted by Crippen LogP contribution is 2.23. The number of nitrogens with zero attached hydrogens (tertiary/aromatic N) is 3. The van der Waals surface area contributed by atoms with Gasteiger partial charge in [0.25, 0.3) is 0 Å². The second-order valence-electron chi connectivity index (χ2n) is 3.20. The number of fused-ring (bicyclic) bond motifs is 1. The van der Waals surface area contributed by atoms with E-state index in [9.17, 15) is 15.3 Å². The summed E-state index contributed by atoms with van der Waals surface area (Å²) in [6, 6.07) is -0.765. The number of tetrazole rings is 1. The summed E-state index contributed by atoms with van der Waals surface area (Å²) >= 11 is 0. The van der Waals surface area contributed by atoms with E-state index < -0.39 is 24.4 Å². The molecule has 0 saturated heterocycles. The van der Waals surface area contributed by atoms with Crippen molar-refractivity contribution in [3.05, 3.63) is 5.82 Å². The van der Waals surface area contributed by atoms with Gasteiger partial charge in [0, 0.05) is 0 Å². The SMILES string of the molecule is OC[C@@H]1[C@@H](O)[C@H](O)[C@@H](O)c2nn[nH][n+]21. The Hall–Kier alpha value is -1.09. The van der Waals surface area contributed by atoms with Crippen LogP contribution in [0.5, 0.6) is 0 Å². The zero-order valence-electron chi connectivity index (χ0n) is 7.15. The summed E-state index contributed by atoms with van der Waals surface area (Å²) in [5, 5.41) is 46.7. The summed E-state index contributed by atoms with van der Waals surface area (Å²) in [4.78, 5) is 0. The molecule has 2 heterocycles. The van der Waals surface area contributed by atoms with Crippen LogP contribution in [0.4, 0.5) is 0 Å². The minimum Gasteiger partial charge on any atom is -0.393 e. The van der Waals surface area contributed by atoms with Gasteiger partial charge in [-0.3, -0.25) is 0 Å². The molecule has 14 heavy (non-hydrogen) atoms. The minimum atomic E-state index is -1.36. The molecular weight excluding hydrogens is 192 g/mol. The fourth-order valence-corrected chi connectivity index (χ4v) is 1.58. The van der Waals surface area contributed by atoms with Crippen molar-refractivity contribution < 1.29 is 25.1 Å². The molecule has 0 aliphatic carbocycles. The van der Waals surface area contributed by atoms with E-state index in [0.717, 1.165) is 0 Å². The van der Waals surface area contributed by atoms with Gasteiger partial charge in [0.1, 0.15) is 17.3 Å². The minimum absolute atomic E-state index is 0.0989. The van der Waals surface area contributed by atoms with Crippen LogP contribution in [0.25, 0.3) is 0 Å². The van der Waals surface area contributed by atoms with Crippen LogP contribution < -0.4 is 4.68 Å². The lowest BCUT2D eigenvalue weighted by atomic mass is 9.97. The van der Waals surface area contributed by atoms with Crippen molar-refractivity contribution in [2.24, 2.45) is 0 Å². The van der Waals surface area contributed by atoms with E-state index in [1.807, 2.05) is 0 Å². The van der Waals surface area contributed by atoms with Crippen LogP contribution in [0, 0.1) is 0 Å². The lowest BCUT2D eigenvalue weighted by Crippen LogP contribution is -2.61. The molecule has 0 spiro atoms. The molecule has 1 aliphatic rings. The summed E-state index contributed by atoms with van der Waals surface area (Å²) in [6.45, 7) is -0.382. The molecule has 0 bridgehead atoms. The average Bonchev–Trinajstić information content (AvgIpc) is 2.64. The van der Waals surface area contributed by atoms with Crippen LogP contribution in [0.1, 0.15) is 18.0 Å². The maximum absolute atomic E-state index is 9.51. The van der Waals surface area contributed by atoms with Crippen molar-refractivity contribution in [3.63, 3.8) is 0 Å². The Kier molecular flexibility index (Phi) is 2.19. The number of hydrogen-bond acceptors (Lipinski definition) is 6. The highest BCUT2D eigenvalue weighted by Gasteiger charge is 2.47. The van der Waals surface area contributed by atoms with Crippen molar-refractivity contribution in [1.29, 1.82) is 0 Å². The Labute approximate surface area is 78.4 Å². The molecule has 1 aliphatic heterocycles. The van der Waals surface area contributed by atoms with Crippen molar-refractivity contribution >= 4 is 0 Å². The number of aliphatic hydroxyl groups excluding tert-OH is 4. The van der Waals surface area contributed by atoms with Crippen LogP contribution in [0.15, 0.2) is 0 Å². The molecule has 0 amide bonds. The second-order valence-corrected chi connectivity index (χ2v) is 3.20. The summed E-state index contributed by atoms with van der Waals surface area (Å²) in [7, 11) is 0. The number of nitrogens with one attached hydrogen (secondary N) is 1. The first-order chi connectivity index (χ1) is 6.66. The Morgan fingerprint density at radius 1 is 1.29 bits per heavy atom. The molecule has 0 radical (unpaired) electrons. The van der Waals surface area contributed by atoms with E-state index in [2.05, 4.69) is 15.5 Å². The Balaban J connectivity index is 2.44. The normalized spacial score (nSPS) is 36.9. The number of aromatic amines is 1. The van der Waals surface area contributed by atoms with E-state index in [4.69, 9.17) is 5.11 Å². The van der Waals surface area contributed by atoms with E-state index in [0.29, 0.717) is 0 Å². The van der Waals surface area contributed by atoms with E-state index >= 15 is 0 Å². The largest absolute Gasteiger partial charge is 0.393 e. The van der Waals surface area contributed by atoms with Crippen LogP contribution in [-0.2, 0) is 0 Å². The number of aliphatic hydroxyl groups is 4. The molecule has 0 aromatic carbocycles. The number of rotatable bonds is 1. The highest BCUT2D eigenvalue weighted by molar-refractivity contribution is 4.92. The summed E-state index contributed by atoms with van der Waals surface area (Å²) in [6.07, 6.45) is -3.92. The first-order valence-electron chi connectivity index (χ1n) is 4.14. The zero-order chi connectivity index (χ0) is 10.3. The quantitative estimate of drug-likeness (QED) is 0.300. The molecule has 5 N–H and O–H groups in total. The molecule has 78 valence electrons. The third-order valence-electron chi connectivity index (χ3n) is 2.40. The van der Waals surface area contributed by atoms with Gasteiger partial charge >= 0.3 is 5.82 Å². The number of aromatic nitrogens is 4. The van der Waals surface area contributed by atoms with Gasteiger partial charge in [-0.2, -0.15) is 4.68 Å². The predicted octanol–water partition coefficient (Wildman–Crippen LogP) is -3.61. The second kappa shape index (κ2) is 3.24. The third kappa shape index (κ3) is 1.12. The molecule has 4 atom stereocenters. The van der Waals surface area contributed by atoms with E-state index in [1.165, 1.54) is 4.68 Å². The van der Waals surface area contributed by atoms with Gasteiger partial charge in [0.2, 0.25) is 0 Å². The molecule has 0 fully saturated rings. The molecular formula is C6H11N4O4+. The maximum atomic E-state index is 9.51. The van der Waals surface area contributed by atoms with Gasteiger partial charge in [0.15, 0.2) is 17.4 Å². The molecule has 2 rings (SSSR count). The van der Waals surface area contributed by atoms with Crippen LogP contribution in [-0.4, -0.2) is 54.8 Å². The van der Waals surface area contributed by atoms with Gasteiger partial charge in [0.05, 0.1) is 6.61 Å². The number of hydrogen-bond donors (Lipinski definition) is 5. The van der Waals surface area contributed by atoms with Crippen LogP contribution in [0.3, 0.4) is 0 Å². The standard InChI is InChI=1S/C6H10N4O4/c11-1-2-3(12)4(13)5(14)6-7-8-9-10(2)6/h2-5,11-14H,1H2/p+1/t2-,3-,4+,5-/m1/s1. The highest BCUT2D eigenvalue weighted by atomic mass is 16.4. The Morgan fingerprint density at radius 2 is 2.00 bits per heavy atom. The van der Waals surface area contributed by atoms with Crippen molar-refractivity contribution in [2.75, 3.05) is 6.61 Å². The van der Waals surface area contributed by atoms with Gasteiger partial charge in [-0.05, 0) is 0 Å². The zero-order valence-corrected chi connectivity index (χ0v) is 7.15. The molecule has 8 nitrogen and oxygen atoms in total. The Morgan fingerprint density at radius 3 is 2.64 bits per heavy atom. The van der Waals surface area contributed by atoms with Crippen LogP contribution >= 0.6 is 0 Å². The number of H-pyrrole nitrogens is 1. The smallest absolute Gasteiger partial charge is 0.332 e. The van der Waals surface area contributed by atoms with Gasteiger partial charge in [-0.25, -0.2) is 0 Å². The first kappa shape index (κ1) is 9.46. The molecule has 8 heteroatoms. The molecule has 1 aromatic heterocycles. The molecule has 0 unspecified atom stereocenters. The van der Waals surface area contributed by atoms with E-state index in [1.54, 1.807) is 0 Å². The summed E-state index contributed by atoms with van der Waals surface area (Å²) in [5.41, 5.74) is 0. The predicted molar refractivity (Wildman–Crippen MR) is 39.7 cm³/mol.